The minimum atomic E-state index is -0.776. The van der Waals surface area contributed by atoms with Crippen molar-refractivity contribution in [3.63, 3.8) is 0 Å². The van der Waals surface area contributed by atoms with E-state index in [0.29, 0.717) is 18.7 Å². The highest BCUT2D eigenvalue weighted by molar-refractivity contribution is 5.67. The summed E-state index contributed by atoms with van der Waals surface area (Å²) in [7, 11) is 1.57. The topological polar surface area (TPSA) is 84.9 Å². The third kappa shape index (κ3) is 6.03. The molecule has 0 spiro atoms. The lowest BCUT2D eigenvalue weighted by atomic mass is 10.1. The summed E-state index contributed by atoms with van der Waals surface area (Å²) in [5.74, 6) is -0.441. The van der Waals surface area contributed by atoms with Crippen LogP contribution < -0.4 is 10.1 Å². The van der Waals surface area contributed by atoms with E-state index in [1.54, 1.807) is 14.0 Å². The van der Waals surface area contributed by atoms with Gasteiger partial charge in [0.2, 0.25) is 0 Å². The number of hydrogen-bond donors (Lipinski definition) is 2. The summed E-state index contributed by atoms with van der Waals surface area (Å²) in [5, 5.41) is 11.8. The Balaban J connectivity index is 2.61. The summed E-state index contributed by atoms with van der Waals surface area (Å²) in [6.07, 6.45) is 1.24. The Morgan fingerprint density at radius 3 is 2.64 bits per heavy atom. The van der Waals surface area contributed by atoms with Gasteiger partial charge in [0.05, 0.1) is 12.8 Å². The molecule has 0 radical (unpaired) electrons. The van der Waals surface area contributed by atoms with Gasteiger partial charge in [0.25, 0.3) is 0 Å². The molecular weight excluding hydrogens is 286 g/mol. The van der Waals surface area contributed by atoms with Crippen LogP contribution in [0, 0.1) is 0 Å². The van der Waals surface area contributed by atoms with Crippen LogP contribution in [-0.2, 0) is 14.3 Å². The largest absolute Gasteiger partial charge is 0.495 e. The number of esters is 1. The first kappa shape index (κ1) is 17.8. The fourth-order valence-corrected chi connectivity index (χ4v) is 2.05. The molecule has 6 heteroatoms. The molecule has 0 aliphatic carbocycles. The lowest BCUT2D eigenvalue weighted by Gasteiger charge is -2.16. The van der Waals surface area contributed by atoms with E-state index >= 15 is 0 Å². The Morgan fingerprint density at radius 1 is 1.32 bits per heavy atom. The minimum absolute atomic E-state index is 0.178. The van der Waals surface area contributed by atoms with Crippen molar-refractivity contribution in [2.75, 3.05) is 19.0 Å². The van der Waals surface area contributed by atoms with Crippen molar-refractivity contribution in [3.05, 3.63) is 23.8 Å². The summed E-state index contributed by atoms with van der Waals surface area (Å²) in [4.78, 5) is 21.4. The third-order valence-electron chi connectivity index (χ3n) is 3.17. The zero-order chi connectivity index (χ0) is 16.5. The van der Waals surface area contributed by atoms with Crippen LogP contribution in [0.4, 0.5) is 5.69 Å². The maximum absolute atomic E-state index is 11.0. The average molecular weight is 309 g/mol. The highest BCUT2D eigenvalue weighted by Gasteiger charge is 2.12. The Labute approximate surface area is 130 Å². The smallest absolute Gasteiger partial charge is 0.303 e. The van der Waals surface area contributed by atoms with Crippen LogP contribution in [0.15, 0.2) is 18.2 Å². The second kappa shape index (κ2) is 8.92. The molecule has 1 atom stereocenters. The molecule has 0 aliphatic rings. The highest BCUT2D eigenvalue weighted by atomic mass is 16.5. The maximum Gasteiger partial charge on any atom is 0.303 e. The van der Waals surface area contributed by atoms with Gasteiger partial charge in [-0.25, -0.2) is 0 Å². The number of carbonyl (C=O) groups excluding carboxylic acids is 1. The van der Waals surface area contributed by atoms with Crippen molar-refractivity contribution in [2.45, 2.75) is 39.2 Å². The molecule has 2 N–H and O–H groups in total. The van der Waals surface area contributed by atoms with Crippen molar-refractivity contribution >= 4 is 17.6 Å². The number of methoxy groups -OCH3 is 1. The quantitative estimate of drug-likeness (QED) is 0.539. The van der Waals surface area contributed by atoms with Crippen molar-refractivity contribution in [2.24, 2.45) is 0 Å². The second-order valence-electron chi connectivity index (χ2n) is 4.99. The van der Waals surface area contributed by atoms with Gasteiger partial charge < -0.3 is 19.9 Å². The molecule has 0 amide bonds. The van der Waals surface area contributed by atoms with E-state index in [1.807, 2.05) is 18.2 Å². The number of benzene rings is 1. The van der Waals surface area contributed by atoms with Crippen LogP contribution in [0.1, 0.15) is 44.8 Å². The number of carboxylic acid groups (broad SMARTS) is 1. The Morgan fingerprint density at radius 2 is 2.05 bits per heavy atom. The van der Waals surface area contributed by atoms with Crippen LogP contribution in [0.5, 0.6) is 5.75 Å². The van der Waals surface area contributed by atoms with E-state index in [1.165, 1.54) is 6.92 Å². The molecule has 0 heterocycles. The van der Waals surface area contributed by atoms with Gasteiger partial charge in [-0.2, -0.15) is 0 Å². The first-order valence-corrected chi connectivity index (χ1v) is 7.25. The van der Waals surface area contributed by atoms with E-state index in [2.05, 4.69) is 5.32 Å². The van der Waals surface area contributed by atoms with Crippen LogP contribution in [0.3, 0.4) is 0 Å². The fraction of sp³-hybridized carbons (Fsp3) is 0.500. The number of nitrogens with one attached hydrogen (secondary N) is 1. The fourth-order valence-electron chi connectivity index (χ4n) is 2.05. The number of unbranched alkanes of at least 4 members (excludes halogenated alkanes) is 1. The number of hydrogen-bond acceptors (Lipinski definition) is 5. The number of carboxylic acids is 1. The Hall–Kier alpha value is -2.24. The minimum Gasteiger partial charge on any atom is -0.495 e. The first-order valence-electron chi connectivity index (χ1n) is 7.25. The van der Waals surface area contributed by atoms with Gasteiger partial charge >= 0.3 is 11.9 Å². The predicted octanol–water partition coefficient (Wildman–Crippen LogP) is 2.99. The van der Waals surface area contributed by atoms with Crippen molar-refractivity contribution < 1.29 is 24.2 Å². The number of ether oxygens (including phenoxy) is 2. The number of anilines is 1. The SMILES string of the molecule is COc1cc(C(C)OC(C)=O)ccc1NCCCCC(=O)O. The maximum atomic E-state index is 11.0. The summed E-state index contributed by atoms with van der Waals surface area (Å²) in [5.41, 5.74) is 1.68. The lowest BCUT2D eigenvalue weighted by molar-refractivity contribution is -0.145. The van der Waals surface area contributed by atoms with Crippen LogP contribution in [0.25, 0.3) is 0 Å². The van der Waals surface area contributed by atoms with Crippen molar-refractivity contribution in [3.8, 4) is 5.75 Å². The first-order chi connectivity index (χ1) is 10.4. The van der Waals surface area contributed by atoms with Crippen LogP contribution in [0.2, 0.25) is 0 Å². The molecule has 6 nitrogen and oxygen atoms in total. The van der Waals surface area contributed by atoms with E-state index in [0.717, 1.165) is 17.7 Å². The lowest BCUT2D eigenvalue weighted by Crippen LogP contribution is -2.07. The van der Waals surface area contributed by atoms with Gasteiger partial charge in [-0.15, -0.1) is 0 Å². The monoisotopic (exact) mass is 309 g/mol. The Kier molecular flexibility index (Phi) is 7.22. The molecule has 0 aromatic heterocycles. The average Bonchev–Trinajstić information content (AvgIpc) is 2.45. The van der Waals surface area contributed by atoms with Gasteiger partial charge in [0.1, 0.15) is 11.9 Å². The molecule has 0 bridgehead atoms. The van der Waals surface area contributed by atoms with Gasteiger partial charge in [-0.3, -0.25) is 9.59 Å². The summed E-state index contributed by atoms with van der Waals surface area (Å²) >= 11 is 0. The van der Waals surface area contributed by atoms with Gasteiger partial charge in [0.15, 0.2) is 0 Å². The summed E-state index contributed by atoms with van der Waals surface area (Å²) in [6, 6.07) is 5.56. The van der Waals surface area contributed by atoms with E-state index < -0.39 is 5.97 Å². The van der Waals surface area contributed by atoms with Gasteiger partial charge in [-0.1, -0.05) is 6.07 Å². The molecular formula is C16H23NO5. The molecule has 1 unspecified atom stereocenters. The van der Waals surface area contributed by atoms with Crippen molar-refractivity contribution in [1.82, 2.24) is 0 Å². The van der Waals surface area contributed by atoms with E-state index in [4.69, 9.17) is 14.6 Å². The molecule has 122 valence electrons. The number of aliphatic carboxylic acids is 1. The molecule has 0 fully saturated rings. The van der Waals surface area contributed by atoms with Gasteiger partial charge in [-0.05, 0) is 37.5 Å². The molecule has 1 aromatic carbocycles. The van der Waals surface area contributed by atoms with Gasteiger partial charge in [0, 0.05) is 19.9 Å². The zero-order valence-electron chi connectivity index (χ0n) is 13.2. The van der Waals surface area contributed by atoms with Crippen LogP contribution >= 0.6 is 0 Å². The van der Waals surface area contributed by atoms with E-state index in [-0.39, 0.29) is 18.5 Å². The van der Waals surface area contributed by atoms with Crippen LogP contribution in [-0.4, -0.2) is 30.7 Å². The molecule has 0 aliphatic heterocycles. The number of carbonyl (C=O) groups is 2. The Bertz CT molecular complexity index is 515. The normalized spacial score (nSPS) is 11.6. The zero-order valence-corrected chi connectivity index (χ0v) is 13.2. The third-order valence-corrected chi connectivity index (χ3v) is 3.17. The molecule has 1 aromatic rings. The molecule has 0 saturated heterocycles. The predicted molar refractivity (Wildman–Crippen MR) is 83.2 cm³/mol. The summed E-state index contributed by atoms with van der Waals surface area (Å²) in [6.45, 7) is 3.85. The van der Waals surface area contributed by atoms with E-state index in [9.17, 15) is 9.59 Å². The molecule has 1 rings (SSSR count). The van der Waals surface area contributed by atoms with Crippen molar-refractivity contribution in [1.29, 1.82) is 0 Å². The molecule has 22 heavy (non-hydrogen) atoms. The standard InChI is InChI=1S/C16H23NO5/c1-11(22-12(2)18)13-7-8-14(15(10-13)21-3)17-9-5-4-6-16(19)20/h7-8,10-11,17H,4-6,9H2,1-3H3,(H,19,20). The molecule has 0 saturated carbocycles. The second-order valence-corrected chi connectivity index (χ2v) is 4.99. The summed E-state index contributed by atoms with van der Waals surface area (Å²) < 4.78 is 10.5. The highest BCUT2D eigenvalue weighted by Crippen LogP contribution is 2.29. The number of rotatable bonds is 9.